The van der Waals surface area contributed by atoms with E-state index in [0.717, 1.165) is 25.7 Å². The van der Waals surface area contributed by atoms with E-state index < -0.39 is 10.0 Å². The second kappa shape index (κ2) is 8.52. The first kappa shape index (κ1) is 19.4. The van der Waals surface area contributed by atoms with Crippen molar-refractivity contribution in [3.63, 3.8) is 0 Å². The molecular formula is C18H21ClN2O3S2. The predicted molar refractivity (Wildman–Crippen MR) is 104 cm³/mol. The smallest absolute Gasteiger partial charge is 0.251 e. The van der Waals surface area contributed by atoms with E-state index in [1.807, 2.05) is 17.5 Å². The van der Waals surface area contributed by atoms with Crippen LogP contribution in [0.3, 0.4) is 0 Å². The van der Waals surface area contributed by atoms with E-state index in [9.17, 15) is 13.2 Å². The highest BCUT2D eigenvalue weighted by Crippen LogP contribution is 2.27. The number of benzene rings is 1. The van der Waals surface area contributed by atoms with Crippen molar-refractivity contribution < 1.29 is 13.2 Å². The van der Waals surface area contributed by atoms with Crippen molar-refractivity contribution in [2.45, 2.75) is 30.6 Å². The molecule has 8 heteroatoms. The molecule has 0 unspecified atom stereocenters. The molecule has 0 bridgehead atoms. The highest BCUT2D eigenvalue weighted by atomic mass is 35.5. The van der Waals surface area contributed by atoms with E-state index in [1.54, 1.807) is 17.4 Å². The zero-order chi connectivity index (χ0) is 18.6. The Balaban J connectivity index is 1.73. The van der Waals surface area contributed by atoms with Gasteiger partial charge in [0.1, 0.15) is 4.90 Å². The number of nitrogens with one attached hydrogen (secondary N) is 1. The average molecular weight is 413 g/mol. The molecule has 0 saturated carbocycles. The summed E-state index contributed by atoms with van der Waals surface area (Å²) in [5.41, 5.74) is 0.302. The predicted octanol–water partition coefficient (Wildman–Crippen LogP) is 3.55. The van der Waals surface area contributed by atoms with E-state index in [2.05, 4.69) is 5.32 Å². The number of hydrogen-bond acceptors (Lipinski definition) is 4. The topological polar surface area (TPSA) is 66.5 Å². The number of nitrogens with zero attached hydrogens (tertiary/aromatic N) is 1. The lowest BCUT2D eigenvalue weighted by atomic mass is 10.2. The summed E-state index contributed by atoms with van der Waals surface area (Å²) in [6.07, 6.45) is 3.47. The number of thiophene rings is 1. The first-order valence-electron chi connectivity index (χ1n) is 8.59. The summed E-state index contributed by atoms with van der Waals surface area (Å²) in [5, 5.41) is 4.97. The van der Waals surface area contributed by atoms with Gasteiger partial charge in [-0.1, -0.05) is 24.1 Å². The molecule has 0 aliphatic carbocycles. The van der Waals surface area contributed by atoms with Crippen molar-refractivity contribution in [2.75, 3.05) is 19.6 Å². The number of rotatable bonds is 6. The van der Waals surface area contributed by atoms with E-state index >= 15 is 0 Å². The second-order valence-corrected chi connectivity index (χ2v) is 9.54. The molecule has 140 valence electrons. The second-order valence-electron chi connectivity index (χ2n) is 6.20. The quantitative estimate of drug-likeness (QED) is 0.788. The van der Waals surface area contributed by atoms with Gasteiger partial charge in [-0.15, -0.1) is 11.3 Å². The molecule has 1 aliphatic rings. The molecule has 5 nitrogen and oxygen atoms in total. The third-order valence-corrected chi connectivity index (χ3v) is 7.68. The van der Waals surface area contributed by atoms with Crippen molar-refractivity contribution in [1.29, 1.82) is 0 Å². The van der Waals surface area contributed by atoms with Crippen LogP contribution in [0.1, 0.15) is 34.5 Å². The number of piperidine rings is 1. The van der Waals surface area contributed by atoms with Crippen molar-refractivity contribution in [3.05, 3.63) is 51.2 Å². The molecule has 1 amide bonds. The van der Waals surface area contributed by atoms with Crippen LogP contribution in [0.2, 0.25) is 5.02 Å². The zero-order valence-corrected chi connectivity index (χ0v) is 16.7. The summed E-state index contributed by atoms with van der Waals surface area (Å²) in [5.74, 6) is -0.298. The van der Waals surface area contributed by atoms with Gasteiger partial charge >= 0.3 is 0 Å². The molecule has 1 fully saturated rings. The lowest BCUT2D eigenvalue weighted by Crippen LogP contribution is -2.36. The minimum absolute atomic E-state index is 0.00646. The maximum Gasteiger partial charge on any atom is 0.251 e. The summed E-state index contributed by atoms with van der Waals surface area (Å²) in [6.45, 7) is 1.49. The highest BCUT2D eigenvalue weighted by molar-refractivity contribution is 7.89. The first-order valence-corrected chi connectivity index (χ1v) is 11.3. The van der Waals surface area contributed by atoms with Gasteiger partial charge in [0.15, 0.2) is 0 Å². The Morgan fingerprint density at radius 2 is 1.96 bits per heavy atom. The van der Waals surface area contributed by atoms with Crippen LogP contribution in [0.15, 0.2) is 40.6 Å². The molecule has 1 saturated heterocycles. The fourth-order valence-electron chi connectivity index (χ4n) is 2.94. The summed E-state index contributed by atoms with van der Waals surface area (Å²) in [7, 11) is -3.68. The van der Waals surface area contributed by atoms with Crippen molar-refractivity contribution in [3.8, 4) is 0 Å². The number of amides is 1. The Hall–Kier alpha value is -1.41. The number of carbonyl (C=O) groups excluding carboxylic acids is 1. The van der Waals surface area contributed by atoms with Gasteiger partial charge in [-0.05, 0) is 48.9 Å². The Bertz CT molecular complexity index is 861. The standard InChI is InChI=1S/C18H21ClN2O3S2/c19-16-7-6-14(18(22)20-9-8-15-5-4-12-25-15)13-17(16)26(23,24)21-10-2-1-3-11-21/h4-7,12-13H,1-3,8-11H2,(H,20,22). The van der Waals surface area contributed by atoms with Crippen LogP contribution in [-0.2, 0) is 16.4 Å². The molecule has 1 aliphatic heterocycles. The van der Waals surface area contributed by atoms with Gasteiger partial charge in [-0.2, -0.15) is 4.31 Å². The number of carbonyl (C=O) groups is 1. The lowest BCUT2D eigenvalue weighted by Gasteiger charge is -2.26. The van der Waals surface area contributed by atoms with Gasteiger partial charge in [0.25, 0.3) is 5.91 Å². The Kier molecular flexibility index (Phi) is 6.34. The molecular weight excluding hydrogens is 392 g/mol. The third-order valence-electron chi connectivity index (χ3n) is 4.36. The Morgan fingerprint density at radius 3 is 2.65 bits per heavy atom. The van der Waals surface area contributed by atoms with Crippen molar-refractivity contribution in [1.82, 2.24) is 9.62 Å². The molecule has 3 rings (SSSR count). The van der Waals surface area contributed by atoms with Gasteiger partial charge in [-0.25, -0.2) is 8.42 Å². The Morgan fingerprint density at radius 1 is 1.19 bits per heavy atom. The van der Waals surface area contributed by atoms with E-state index in [0.29, 0.717) is 25.2 Å². The maximum absolute atomic E-state index is 12.9. The molecule has 2 heterocycles. The van der Waals surface area contributed by atoms with Gasteiger partial charge < -0.3 is 5.32 Å². The third kappa shape index (κ3) is 4.46. The molecule has 1 N–H and O–H groups in total. The average Bonchev–Trinajstić information content (AvgIpc) is 3.16. The highest BCUT2D eigenvalue weighted by Gasteiger charge is 2.28. The summed E-state index contributed by atoms with van der Waals surface area (Å²) >= 11 is 7.78. The first-order chi connectivity index (χ1) is 12.5. The van der Waals surface area contributed by atoms with E-state index in [1.165, 1.54) is 21.3 Å². The fraction of sp³-hybridized carbons (Fsp3) is 0.389. The fourth-order valence-corrected chi connectivity index (χ4v) is 5.67. The maximum atomic E-state index is 12.9. The lowest BCUT2D eigenvalue weighted by molar-refractivity contribution is 0.0954. The molecule has 26 heavy (non-hydrogen) atoms. The van der Waals surface area contributed by atoms with Crippen molar-refractivity contribution >= 4 is 38.9 Å². The van der Waals surface area contributed by atoms with Crippen molar-refractivity contribution in [2.24, 2.45) is 0 Å². The largest absolute Gasteiger partial charge is 0.352 e. The number of hydrogen-bond donors (Lipinski definition) is 1. The number of halogens is 1. The zero-order valence-electron chi connectivity index (χ0n) is 14.3. The molecule has 0 spiro atoms. The van der Waals surface area contributed by atoms with E-state index in [-0.39, 0.29) is 15.8 Å². The van der Waals surface area contributed by atoms with Gasteiger partial charge in [0.05, 0.1) is 5.02 Å². The SMILES string of the molecule is O=C(NCCc1cccs1)c1ccc(Cl)c(S(=O)(=O)N2CCCCC2)c1. The van der Waals surface area contributed by atoms with Gasteiger partial charge in [0.2, 0.25) is 10.0 Å². The van der Waals surface area contributed by atoms with Crippen LogP contribution in [0.4, 0.5) is 0 Å². The molecule has 2 aromatic rings. The van der Waals surface area contributed by atoms with Crippen LogP contribution in [0.25, 0.3) is 0 Å². The minimum Gasteiger partial charge on any atom is -0.352 e. The van der Waals surface area contributed by atoms with Crippen LogP contribution >= 0.6 is 22.9 Å². The number of sulfonamides is 1. The monoisotopic (exact) mass is 412 g/mol. The van der Waals surface area contributed by atoms with E-state index in [4.69, 9.17) is 11.6 Å². The van der Waals surface area contributed by atoms with Crippen LogP contribution in [-0.4, -0.2) is 38.3 Å². The summed E-state index contributed by atoms with van der Waals surface area (Å²) in [4.78, 5) is 13.6. The molecule has 0 atom stereocenters. The molecule has 1 aromatic carbocycles. The molecule has 1 aromatic heterocycles. The molecule has 0 radical (unpaired) electrons. The summed E-state index contributed by atoms with van der Waals surface area (Å²) in [6, 6.07) is 8.40. The van der Waals surface area contributed by atoms with Gasteiger partial charge in [0, 0.05) is 30.1 Å². The Labute approximate surface area is 163 Å². The minimum atomic E-state index is -3.68. The van der Waals surface area contributed by atoms with Crippen LogP contribution < -0.4 is 5.32 Å². The van der Waals surface area contributed by atoms with Gasteiger partial charge in [-0.3, -0.25) is 4.79 Å². The summed E-state index contributed by atoms with van der Waals surface area (Å²) < 4.78 is 27.2. The van der Waals surface area contributed by atoms with Crippen LogP contribution in [0, 0.1) is 0 Å². The normalized spacial score (nSPS) is 15.7. The van der Waals surface area contributed by atoms with Crippen LogP contribution in [0.5, 0.6) is 0 Å².